The van der Waals surface area contributed by atoms with E-state index >= 15 is 0 Å². The molecule has 0 saturated carbocycles. The van der Waals surface area contributed by atoms with Gasteiger partial charge in [-0.3, -0.25) is 4.79 Å². The summed E-state index contributed by atoms with van der Waals surface area (Å²) in [7, 11) is 0. The molecule has 0 fully saturated rings. The molecule has 2 aromatic heterocycles. The summed E-state index contributed by atoms with van der Waals surface area (Å²) in [5.41, 5.74) is 0.794. The minimum absolute atomic E-state index is 0.153. The average molecular weight is 368 g/mol. The molecular weight excluding hydrogens is 348 g/mol. The molecule has 0 aliphatic rings. The first-order valence-electron chi connectivity index (χ1n) is 7.56. The van der Waals surface area contributed by atoms with Gasteiger partial charge in [-0.15, -0.1) is 21.5 Å². The summed E-state index contributed by atoms with van der Waals surface area (Å²) in [6.45, 7) is 8.55. The fraction of sp³-hybridized carbons (Fsp3) is 0.467. The molecular formula is C15H20N4O3S2. The maximum Gasteiger partial charge on any atom is 0.348 e. The van der Waals surface area contributed by atoms with Crippen LogP contribution in [0.3, 0.4) is 0 Å². The van der Waals surface area contributed by atoms with Crippen molar-refractivity contribution in [3.63, 3.8) is 0 Å². The Morgan fingerprint density at radius 3 is 2.75 bits per heavy atom. The van der Waals surface area contributed by atoms with Crippen LogP contribution in [0.2, 0.25) is 0 Å². The number of thioether (sulfide) groups is 1. The van der Waals surface area contributed by atoms with Gasteiger partial charge >= 0.3 is 5.97 Å². The van der Waals surface area contributed by atoms with Crippen LogP contribution in [-0.2, 0) is 16.1 Å². The van der Waals surface area contributed by atoms with Gasteiger partial charge < -0.3 is 14.6 Å². The Bertz CT molecular complexity index is 739. The summed E-state index contributed by atoms with van der Waals surface area (Å²) in [6, 6.07) is 1.78. The van der Waals surface area contributed by atoms with Crippen LogP contribution in [0.4, 0.5) is 5.00 Å². The molecule has 130 valence electrons. The number of hydrogen-bond acceptors (Lipinski definition) is 7. The third-order valence-electron chi connectivity index (χ3n) is 3.19. The van der Waals surface area contributed by atoms with Crippen molar-refractivity contribution in [1.82, 2.24) is 14.8 Å². The second-order valence-corrected chi connectivity index (χ2v) is 6.95. The lowest BCUT2D eigenvalue weighted by Gasteiger charge is -2.05. The number of thiophene rings is 1. The first-order valence-corrected chi connectivity index (χ1v) is 9.36. The largest absolute Gasteiger partial charge is 0.462 e. The maximum absolute atomic E-state index is 12.1. The Morgan fingerprint density at radius 2 is 2.08 bits per heavy atom. The summed E-state index contributed by atoms with van der Waals surface area (Å²) in [5.74, 6) is 0.541. The van der Waals surface area contributed by atoms with Crippen molar-refractivity contribution in [3.05, 3.63) is 22.3 Å². The van der Waals surface area contributed by atoms with Crippen molar-refractivity contribution < 1.29 is 14.3 Å². The normalized spacial score (nSPS) is 10.7. The zero-order valence-electron chi connectivity index (χ0n) is 14.1. The predicted molar refractivity (Wildman–Crippen MR) is 94.8 cm³/mol. The third-order valence-corrected chi connectivity index (χ3v) is 5.29. The van der Waals surface area contributed by atoms with Crippen LogP contribution in [0.1, 0.15) is 34.9 Å². The molecule has 0 aliphatic carbocycles. The lowest BCUT2D eigenvalue weighted by atomic mass is 10.3. The van der Waals surface area contributed by atoms with Crippen molar-refractivity contribution in [2.75, 3.05) is 17.7 Å². The van der Waals surface area contributed by atoms with E-state index in [2.05, 4.69) is 15.5 Å². The number of amides is 1. The highest BCUT2D eigenvalue weighted by Gasteiger charge is 2.16. The highest BCUT2D eigenvalue weighted by atomic mass is 32.2. The Kier molecular flexibility index (Phi) is 6.38. The molecule has 0 unspecified atom stereocenters. The quantitative estimate of drug-likeness (QED) is 0.597. The highest BCUT2D eigenvalue weighted by Crippen LogP contribution is 2.27. The van der Waals surface area contributed by atoms with E-state index in [4.69, 9.17) is 4.74 Å². The topological polar surface area (TPSA) is 86.1 Å². The molecule has 0 bridgehead atoms. The SMILES string of the molecule is CCOC(=O)c1sc(NC(=O)CSc2nnc(C)n2CC)cc1C. The van der Waals surface area contributed by atoms with Crippen LogP contribution in [0, 0.1) is 13.8 Å². The van der Waals surface area contributed by atoms with Gasteiger partial charge in [0.2, 0.25) is 5.91 Å². The Labute approximate surface area is 148 Å². The molecule has 0 atom stereocenters. The number of rotatable bonds is 7. The number of nitrogens with zero attached hydrogens (tertiary/aromatic N) is 3. The van der Waals surface area contributed by atoms with Crippen molar-refractivity contribution in [1.29, 1.82) is 0 Å². The Hall–Kier alpha value is -1.87. The number of ether oxygens (including phenoxy) is 1. The van der Waals surface area contributed by atoms with Gasteiger partial charge in [0.25, 0.3) is 0 Å². The van der Waals surface area contributed by atoms with Gasteiger partial charge in [-0.2, -0.15) is 0 Å². The molecule has 0 saturated heterocycles. The molecule has 2 aromatic rings. The van der Waals surface area contributed by atoms with Crippen molar-refractivity contribution >= 4 is 40.0 Å². The van der Waals surface area contributed by atoms with E-state index in [0.29, 0.717) is 16.5 Å². The molecule has 2 rings (SSSR count). The number of esters is 1. The summed E-state index contributed by atoms with van der Waals surface area (Å²) in [6.07, 6.45) is 0. The van der Waals surface area contributed by atoms with Gasteiger partial charge in [0.15, 0.2) is 5.16 Å². The Balaban J connectivity index is 1.95. The van der Waals surface area contributed by atoms with Crippen LogP contribution < -0.4 is 5.32 Å². The van der Waals surface area contributed by atoms with Gasteiger partial charge in [0.1, 0.15) is 10.7 Å². The van der Waals surface area contributed by atoms with Crippen LogP contribution in [0.15, 0.2) is 11.2 Å². The number of nitrogens with one attached hydrogen (secondary N) is 1. The third kappa shape index (κ3) is 4.35. The van der Waals surface area contributed by atoms with Gasteiger partial charge in [-0.1, -0.05) is 11.8 Å². The number of aromatic nitrogens is 3. The first kappa shape index (κ1) is 18.5. The zero-order valence-corrected chi connectivity index (χ0v) is 15.7. The second-order valence-electron chi connectivity index (χ2n) is 4.95. The maximum atomic E-state index is 12.1. The van der Waals surface area contributed by atoms with E-state index in [1.165, 1.54) is 23.1 Å². The predicted octanol–water partition coefficient (Wildman–Crippen LogP) is 2.88. The standard InChI is InChI=1S/C15H20N4O3S2/c1-5-19-10(4)17-18-15(19)23-8-11(20)16-12-7-9(3)13(24-12)14(21)22-6-2/h7H,5-6,8H2,1-4H3,(H,16,20). The second kappa shape index (κ2) is 8.29. The van der Waals surface area contributed by atoms with Gasteiger partial charge in [0.05, 0.1) is 17.4 Å². The summed E-state index contributed by atoms with van der Waals surface area (Å²) >= 11 is 2.56. The molecule has 1 N–H and O–H groups in total. The minimum atomic E-state index is -0.360. The minimum Gasteiger partial charge on any atom is -0.462 e. The fourth-order valence-corrected chi connectivity index (χ4v) is 3.91. The lowest BCUT2D eigenvalue weighted by molar-refractivity contribution is -0.113. The van der Waals surface area contributed by atoms with E-state index in [9.17, 15) is 9.59 Å². The molecule has 7 nitrogen and oxygen atoms in total. The lowest BCUT2D eigenvalue weighted by Crippen LogP contribution is -2.13. The number of anilines is 1. The molecule has 24 heavy (non-hydrogen) atoms. The molecule has 9 heteroatoms. The van der Waals surface area contributed by atoms with Gasteiger partial charge in [0, 0.05) is 6.54 Å². The monoisotopic (exact) mass is 368 g/mol. The molecule has 2 heterocycles. The van der Waals surface area contributed by atoms with E-state index < -0.39 is 0 Å². The van der Waals surface area contributed by atoms with E-state index in [1.807, 2.05) is 25.3 Å². The highest BCUT2D eigenvalue weighted by molar-refractivity contribution is 7.99. The van der Waals surface area contributed by atoms with Crippen LogP contribution in [-0.4, -0.2) is 39.0 Å². The van der Waals surface area contributed by atoms with Crippen LogP contribution >= 0.6 is 23.1 Å². The smallest absolute Gasteiger partial charge is 0.348 e. The molecule has 0 spiro atoms. The molecule has 0 radical (unpaired) electrons. The summed E-state index contributed by atoms with van der Waals surface area (Å²) in [4.78, 5) is 24.4. The summed E-state index contributed by atoms with van der Waals surface area (Å²) < 4.78 is 6.95. The number of hydrogen-bond donors (Lipinski definition) is 1. The van der Waals surface area contributed by atoms with Crippen molar-refractivity contribution in [2.45, 2.75) is 39.4 Å². The van der Waals surface area contributed by atoms with Gasteiger partial charge in [-0.05, 0) is 39.3 Å². The number of aryl methyl sites for hydroxylation is 2. The summed E-state index contributed by atoms with van der Waals surface area (Å²) in [5, 5.41) is 12.2. The average Bonchev–Trinajstić information content (AvgIpc) is 3.07. The number of carbonyl (C=O) groups is 2. The van der Waals surface area contributed by atoms with E-state index in [1.54, 1.807) is 13.0 Å². The van der Waals surface area contributed by atoms with E-state index in [0.717, 1.165) is 23.1 Å². The Morgan fingerprint density at radius 1 is 1.33 bits per heavy atom. The van der Waals surface area contributed by atoms with Crippen molar-refractivity contribution in [2.24, 2.45) is 0 Å². The van der Waals surface area contributed by atoms with E-state index in [-0.39, 0.29) is 17.6 Å². The fourth-order valence-electron chi connectivity index (χ4n) is 2.08. The molecule has 1 amide bonds. The first-order chi connectivity index (χ1) is 11.5. The van der Waals surface area contributed by atoms with Crippen LogP contribution in [0.5, 0.6) is 0 Å². The molecule has 0 aliphatic heterocycles. The van der Waals surface area contributed by atoms with Crippen molar-refractivity contribution in [3.8, 4) is 0 Å². The van der Waals surface area contributed by atoms with Gasteiger partial charge in [-0.25, -0.2) is 4.79 Å². The zero-order chi connectivity index (χ0) is 17.7. The molecule has 0 aromatic carbocycles. The van der Waals surface area contributed by atoms with Crippen LogP contribution in [0.25, 0.3) is 0 Å². The number of carbonyl (C=O) groups excluding carboxylic acids is 2.